The van der Waals surface area contributed by atoms with Gasteiger partial charge in [-0.3, -0.25) is 4.79 Å². The summed E-state index contributed by atoms with van der Waals surface area (Å²) in [5.41, 5.74) is -0.448. The third-order valence-electron chi connectivity index (χ3n) is 1.99. The summed E-state index contributed by atoms with van der Waals surface area (Å²) in [6.07, 6.45) is 0. The molecule has 5 heteroatoms. The molecule has 0 atom stereocenters. The second kappa shape index (κ2) is 6.54. The number of ether oxygens (including phenoxy) is 1. The molecule has 0 bridgehead atoms. The molecule has 4 nitrogen and oxygen atoms in total. The topological polar surface area (TPSA) is 57.5 Å². The monoisotopic (exact) mass is 452 g/mol. The molecule has 0 saturated carbocycles. The third kappa shape index (κ3) is 7.19. The van der Waals surface area contributed by atoms with Gasteiger partial charge < -0.3 is 14.8 Å². The van der Waals surface area contributed by atoms with Crippen LogP contribution in [0.1, 0.15) is 27.7 Å². The van der Waals surface area contributed by atoms with Gasteiger partial charge in [-0.05, 0) is 13.8 Å². The predicted octanol–water partition coefficient (Wildman–Crippen LogP) is 1.54. The van der Waals surface area contributed by atoms with E-state index in [-0.39, 0.29) is 11.7 Å². The Morgan fingerprint density at radius 3 is 2.20 bits per heavy atom. The van der Waals surface area contributed by atoms with Crippen molar-refractivity contribution >= 4 is 11.7 Å². The van der Waals surface area contributed by atoms with Gasteiger partial charge in [-0.2, -0.15) is 0 Å². The summed E-state index contributed by atoms with van der Waals surface area (Å²) in [6.45, 7) is 7.73. The molecule has 0 saturated heterocycles. The summed E-state index contributed by atoms with van der Waals surface area (Å²) in [4.78, 5) is 21.5. The third-order valence-corrected chi connectivity index (χ3v) is 1.99. The minimum absolute atomic E-state index is 0. The Morgan fingerprint density at radius 1 is 1.27 bits per heavy atom. The predicted molar refractivity (Wildman–Crippen MR) is 54.2 cm³/mol. The van der Waals surface area contributed by atoms with Gasteiger partial charge in [0.05, 0.1) is 6.61 Å². The van der Waals surface area contributed by atoms with Gasteiger partial charge in [0.25, 0.3) is 0 Å². The normalized spacial score (nSPS) is 10.4. The number of ketones is 1. The first-order valence-corrected chi connectivity index (χ1v) is 4.63. The zero-order chi connectivity index (χ0) is 11.2. The Hall–Kier alpha value is -1.90. The van der Waals surface area contributed by atoms with E-state index in [9.17, 15) is 9.59 Å². The van der Waals surface area contributed by atoms with Crippen LogP contribution in [-0.4, -0.2) is 31.4 Å². The fraction of sp³-hybridized carbons (Fsp3) is 0.800. The van der Waals surface area contributed by atoms with E-state index in [1.807, 2.05) is 13.8 Å². The molecule has 15 heavy (non-hydrogen) atoms. The van der Waals surface area contributed by atoms with Crippen LogP contribution in [0.15, 0.2) is 0 Å². The largest absolute Gasteiger partial charge is 0.652 e. The quantitative estimate of drug-likeness (QED) is 0.575. The van der Waals surface area contributed by atoms with Crippen LogP contribution in [-0.2, 0) is 14.3 Å². The first-order chi connectivity index (χ1) is 6.36. The van der Waals surface area contributed by atoms with Crippen LogP contribution in [0.5, 0.6) is 0 Å². The van der Waals surface area contributed by atoms with E-state index < -0.39 is 5.41 Å². The number of nitrogens with zero attached hydrogens (tertiary/aromatic N) is 1. The molecule has 0 aromatic heterocycles. The second-order valence-corrected chi connectivity index (χ2v) is 3.89. The Morgan fingerprint density at radius 2 is 1.80 bits per heavy atom. The maximum absolute atomic E-state index is 11.1. The van der Waals surface area contributed by atoms with Crippen LogP contribution < -0.4 is 0 Å². The molecule has 1 radical (unpaired) electrons. The summed E-state index contributed by atoms with van der Waals surface area (Å²) in [5.74, 6) is -0.0968. The van der Waals surface area contributed by atoms with Gasteiger partial charge in [-0.15, -0.1) is 6.54 Å². The van der Waals surface area contributed by atoms with Crippen molar-refractivity contribution in [2.75, 3.05) is 19.8 Å². The maximum atomic E-state index is 11.1. The van der Waals surface area contributed by atoms with Gasteiger partial charge in [-0.25, -0.2) is 0 Å². The molecule has 0 rings (SSSR count). The summed E-state index contributed by atoms with van der Waals surface area (Å²) in [5, 5.41) is 3.64. The van der Waals surface area contributed by atoms with E-state index in [0.29, 0.717) is 19.8 Å². The molecular weight excluding hydrogens is 434 g/mol. The standard InChI is InChI=1S/C10H19NO3.Es/c1-8(12)10(3,4)7-14-6-5-11-9(2)13;/h5-7H2,1-4H3,(H,11,13);/p-1. The first kappa shape index (κ1) is 15.6. The number of Topliss-reactive ketones (excluding diaryl/α,β-unsaturated/α-hetero) is 1. The number of hydrogen-bond donors (Lipinski definition) is 0. The van der Waals surface area contributed by atoms with Crippen LogP contribution in [0.25, 0.3) is 5.32 Å². The molecule has 0 N–H and O–H groups in total. The molecule has 0 aliphatic carbocycles. The SMILES string of the molecule is CC(=O)[N-]CCOCC(C)(C)C(C)=O.[Es]. The van der Waals surface area contributed by atoms with Crippen molar-refractivity contribution in [3.8, 4) is 0 Å². The van der Waals surface area contributed by atoms with E-state index in [4.69, 9.17) is 4.74 Å². The second-order valence-electron chi connectivity index (χ2n) is 3.89. The number of amides is 1. The molecular formula is C10H18EsNO3-. The van der Waals surface area contributed by atoms with Gasteiger partial charge >= 0.3 is 0 Å². The Kier molecular flexibility index (Phi) is 6.79. The first-order valence-electron chi connectivity index (χ1n) is 4.63. The van der Waals surface area contributed by atoms with Gasteiger partial charge in [0.2, 0.25) is 0 Å². The van der Waals surface area contributed by atoms with Crippen molar-refractivity contribution in [2.24, 2.45) is 5.41 Å². The van der Waals surface area contributed by atoms with E-state index in [2.05, 4.69) is 5.32 Å². The maximum Gasteiger partial charge on any atom is 0.137 e. The molecule has 0 aliphatic heterocycles. The van der Waals surface area contributed by atoms with E-state index in [1.165, 1.54) is 6.92 Å². The van der Waals surface area contributed by atoms with Crippen LogP contribution >= 0.6 is 0 Å². The van der Waals surface area contributed by atoms with Crippen molar-refractivity contribution in [1.82, 2.24) is 0 Å². The average Bonchev–Trinajstić information content (AvgIpc) is 2.02. The Bertz CT molecular complexity index is 217. The summed E-state index contributed by atoms with van der Waals surface area (Å²) in [7, 11) is 0. The average molecular weight is 452 g/mol. The molecule has 0 aliphatic rings. The molecule has 0 fully saturated rings. The summed E-state index contributed by atoms with van der Waals surface area (Å²) in [6, 6.07) is 0. The fourth-order valence-electron chi connectivity index (χ4n) is 0.697. The van der Waals surface area contributed by atoms with Gasteiger partial charge in [0, 0.05) is 17.9 Å². The molecule has 93 valence electrons. The van der Waals surface area contributed by atoms with Gasteiger partial charge in [0.15, 0.2) is 0 Å². The number of rotatable bonds is 6. The molecule has 1 amide bonds. The summed E-state index contributed by atoms with van der Waals surface area (Å²) >= 11 is 0. The van der Waals surface area contributed by atoms with Crippen molar-refractivity contribution in [3.05, 3.63) is 5.32 Å². The van der Waals surface area contributed by atoms with Crippen LogP contribution in [0.2, 0.25) is 0 Å². The minimum Gasteiger partial charge on any atom is -0.652 e. The van der Waals surface area contributed by atoms with Crippen molar-refractivity contribution < 1.29 is 14.3 Å². The van der Waals surface area contributed by atoms with Crippen molar-refractivity contribution in [3.63, 3.8) is 0 Å². The molecule has 0 aromatic rings. The number of carbonyl (C=O) groups excluding carboxylic acids is 2. The number of hydrogen-bond acceptors (Lipinski definition) is 3. The Labute approximate surface area is 85.0 Å². The molecule has 0 heterocycles. The van der Waals surface area contributed by atoms with Crippen molar-refractivity contribution in [1.29, 1.82) is 0 Å². The minimum atomic E-state index is -0.448. The van der Waals surface area contributed by atoms with Gasteiger partial charge in [-0.1, -0.05) is 13.8 Å². The Balaban J connectivity index is 0. The smallest absolute Gasteiger partial charge is 0.137 e. The van der Waals surface area contributed by atoms with Crippen LogP contribution in [0.4, 0.5) is 0 Å². The molecule has 0 spiro atoms. The van der Waals surface area contributed by atoms with Crippen molar-refractivity contribution in [2.45, 2.75) is 27.7 Å². The van der Waals surface area contributed by atoms with Crippen LogP contribution in [0.3, 0.4) is 0 Å². The summed E-state index contributed by atoms with van der Waals surface area (Å²) < 4.78 is 5.24. The van der Waals surface area contributed by atoms with E-state index in [0.717, 1.165) is 0 Å². The van der Waals surface area contributed by atoms with Gasteiger partial charge in [0.1, 0.15) is 5.78 Å². The van der Waals surface area contributed by atoms with E-state index in [1.54, 1.807) is 6.92 Å². The molecule has 0 aromatic carbocycles. The van der Waals surface area contributed by atoms with Crippen LogP contribution in [0, 0.1) is 5.41 Å². The zero-order valence-electron chi connectivity index (χ0n) is 9.59. The fourth-order valence-corrected chi connectivity index (χ4v) is 0.697. The van der Waals surface area contributed by atoms with E-state index >= 15 is 0 Å². The zero-order valence-corrected chi connectivity index (χ0v) is 12.1. The molecule has 0 unspecified atom stereocenters. The number of carbonyl (C=O) groups is 2.